The second-order valence-electron chi connectivity index (χ2n) is 6.18. The van der Waals surface area contributed by atoms with Gasteiger partial charge in [-0.3, -0.25) is 4.90 Å². The standard InChI is InChI=1S/C14H29N3O/c1-14(2)13(5-6-15-14)17-10-8-16(9-11-17)7-4-12-18-3/h13,15H,4-12H2,1-3H3. The molecule has 0 spiro atoms. The summed E-state index contributed by atoms with van der Waals surface area (Å²) in [6.07, 6.45) is 2.46. The van der Waals surface area contributed by atoms with E-state index in [0.29, 0.717) is 0 Å². The van der Waals surface area contributed by atoms with Crippen molar-refractivity contribution in [3.8, 4) is 0 Å². The van der Waals surface area contributed by atoms with Gasteiger partial charge < -0.3 is 15.0 Å². The summed E-state index contributed by atoms with van der Waals surface area (Å²) in [4.78, 5) is 5.26. The highest BCUT2D eigenvalue weighted by atomic mass is 16.5. The minimum atomic E-state index is 0.290. The third-order valence-electron chi connectivity index (χ3n) is 4.50. The third-order valence-corrected chi connectivity index (χ3v) is 4.50. The topological polar surface area (TPSA) is 27.7 Å². The first-order valence-corrected chi connectivity index (χ1v) is 7.34. The number of piperazine rings is 1. The molecule has 0 amide bonds. The van der Waals surface area contributed by atoms with Gasteiger partial charge in [0.15, 0.2) is 0 Å². The minimum absolute atomic E-state index is 0.290. The summed E-state index contributed by atoms with van der Waals surface area (Å²) >= 11 is 0. The fourth-order valence-corrected chi connectivity index (χ4v) is 3.38. The van der Waals surface area contributed by atoms with Crippen LogP contribution in [0.2, 0.25) is 0 Å². The second kappa shape index (κ2) is 6.33. The Morgan fingerprint density at radius 2 is 1.94 bits per heavy atom. The maximum absolute atomic E-state index is 5.12. The van der Waals surface area contributed by atoms with E-state index in [-0.39, 0.29) is 5.54 Å². The van der Waals surface area contributed by atoms with Crippen LogP contribution in [0.25, 0.3) is 0 Å². The lowest BCUT2D eigenvalue weighted by Gasteiger charge is -2.42. The van der Waals surface area contributed by atoms with E-state index in [9.17, 15) is 0 Å². The molecule has 1 N–H and O–H groups in total. The molecule has 0 aromatic heterocycles. The number of rotatable bonds is 5. The van der Waals surface area contributed by atoms with Crippen molar-refractivity contribution >= 4 is 0 Å². The number of nitrogens with one attached hydrogen (secondary N) is 1. The van der Waals surface area contributed by atoms with E-state index < -0.39 is 0 Å². The van der Waals surface area contributed by atoms with Crippen molar-refractivity contribution in [3.63, 3.8) is 0 Å². The van der Waals surface area contributed by atoms with Gasteiger partial charge in [-0.05, 0) is 33.2 Å². The van der Waals surface area contributed by atoms with Crippen LogP contribution in [0, 0.1) is 0 Å². The predicted octanol–water partition coefficient (Wildman–Crippen LogP) is 0.781. The number of nitrogens with zero attached hydrogens (tertiary/aromatic N) is 2. The van der Waals surface area contributed by atoms with Crippen LogP contribution >= 0.6 is 0 Å². The summed E-state index contributed by atoms with van der Waals surface area (Å²) in [5.41, 5.74) is 0.290. The van der Waals surface area contributed by atoms with Crippen LogP contribution in [0.15, 0.2) is 0 Å². The summed E-state index contributed by atoms with van der Waals surface area (Å²) < 4.78 is 5.12. The van der Waals surface area contributed by atoms with Crippen LogP contribution in [-0.4, -0.2) is 74.4 Å². The highest BCUT2D eigenvalue weighted by Gasteiger charge is 2.38. The molecule has 2 saturated heterocycles. The maximum Gasteiger partial charge on any atom is 0.0474 e. The Hall–Kier alpha value is -0.160. The molecule has 0 aromatic rings. The third kappa shape index (κ3) is 3.44. The zero-order chi connectivity index (χ0) is 13.0. The van der Waals surface area contributed by atoms with E-state index in [2.05, 4.69) is 29.0 Å². The molecule has 1 atom stereocenters. The SMILES string of the molecule is COCCCN1CCN(C2CCNC2(C)C)CC1. The van der Waals surface area contributed by atoms with Crippen molar-refractivity contribution in [2.24, 2.45) is 0 Å². The number of ether oxygens (including phenoxy) is 1. The van der Waals surface area contributed by atoms with Crippen molar-refractivity contribution in [1.29, 1.82) is 0 Å². The Labute approximate surface area is 112 Å². The van der Waals surface area contributed by atoms with E-state index in [0.717, 1.165) is 19.1 Å². The molecule has 18 heavy (non-hydrogen) atoms. The molecule has 2 aliphatic rings. The van der Waals surface area contributed by atoms with Gasteiger partial charge in [0.05, 0.1) is 0 Å². The molecule has 0 aliphatic carbocycles. The molecular formula is C14H29N3O. The highest BCUT2D eigenvalue weighted by Crippen LogP contribution is 2.25. The summed E-state index contributed by atoms with van der Waals surface area (Å²) in [7, 11) is 1.78. The van der Waals surface area contributed by atoms with E-state index in [4.69, 9.17) is 4.74 Å². The van der Waals surface area contributed by atoms with Crippen molar-refractivity contribution in [3.05, 3.63) is 0 Å². The van der Waals surface area contributed by atoms with Crippen molar-refractivity contribution in [1.82, 2.24) is 15.1 Å². The Kier molecular flexibility index (Phi) is 5.01. The van der Waals surface area contributed by atoms with Gasteiger partial charge in [-0.25, -0.2) is 0 Å². The van der Waals surface area contributed by atoms with Gasteiger partial charge in [0.1, 0.15) is 0 Å². The van der Waals surface area contributed by atoms with E-state index in [1.165, 1.54) is 45.7 Å². The minimum Gasteiger partial charge on any atom is -0.385 e. The first-order chi connectivity index (χ1) is 8.63. The van der Waals surface area contributed by atoms with Crippen LogP contribution in [0.3, 0.4) is 0 Å². The molecular weight excluding hydrogens is 226 g/mol. The quantitative estimate of drug-likeness (QED) is 0.735. The van der Waals surface area contributed by atoms with Crippen LogP contribution < -0.4 is 5.32 Å². The van der Waals surface area contributed by atoms with E-state index >= 15 is 0 Å². The Morgan fingerprint density at radius 3 is 2.50 bits per heavy atom. The zero-order valence-corrected chi connectivity index (χ0v) is 12.2. The van der Waals surface area contributed by atoms with Crippen LogP contribution in [0.4, 0.5) is 0 Å². The lowest BCUT2D eigenvalue weighted by molar-refractivity contribution is 0.0688. The fraction of sp³-hybridized carbons (Fsp3) is 1.00. The Bertz CT molecular complexity index is 249. The highest BCUT2D eigenvalue weighted by molar-refractivity contribution is 4.99. The van der Waals surface area contributed by atoms with Crippen LogP contribution in [0.5, 0.6) is 0 Å². The van der Waals surface area contributed by atoms with Crippen molar-refractivity contribution in [2.75, 3.05) is 53.0 Å². The van der Waals surface area contributed by atoms with Gasteiger partial charge in [0.25, 0.3) is 0 Å². The van der Waals surface area contributed by atoms with Gasteiger partial charge in [-0.2, -0.15) is 0 Å². The van der Waals surface area contributed by atoms with Gasteiger partial charge >= 0.3 is 0 Å². The van der Waals surface area contributed by atoms with Crippen LogP contribution in [0.1, 0.15) is 26.7 Å². The van der Waals surface area contributed by atoms with E-state index in [1.807, 2.05) is 0 Å². The molecule has 4 heteroatoms. The molecule has 0 bridgehead atoms. The van der Waals surface area contributed by atoms with Crippen LogP contribution in [-0.2, 0) is 4.74 Å². The Balaban J connectivity index is 1.73. The van der Waals surface area contributed by atoms with Gasteiger partial charge in [-0.1, -0.05) is 0 Å². The first kappa shape index (κ1) is 14.3. The normalized spacial score (nSPS) is 29.8. The largest absolute Gasteiger partial charge is 0.385 e. The molecule has 2 heterocycles. The maximum atomic E-state index is 5.12. The van der Waals surface area contributed by atoms with Gasteiger partial charge in [-0.15, -0.1) is 0 Å². The summed E-state index contributed by atoms with van der Waals surface area (Å²) in [6, 6.07) is 0.721. The molecule has 0 radical (unpaired) electrons. The summed E-state index contributed by atoms with van der Waals surface area (Å²) in [5, 5.41) is 3.62. The molecule has 2 fully saturated rings. The molecule has 0 saturated carbocycles. The summed E-state index contributed by atoms with van der Waals surface area (Å²) in [6.45, 7) is 12.8. The number of hydrogen-bond acceptors (Lipinski definition) is 4. The van der Waals surface area contributed by atoms with E-state index in [1.54, 1.807) is 7.11 Å². The fourth-order valence-electron chi connectivity index (χ4n) is 3.38. The lowest BCUT2D eigenvalue weighted by atomic mass is 9.95. The molecule has 106 valence electrons. The Morgan fingerprint density at radius 1 is 1.22 bits per heavy atom. The first-order valence-electron chi connectivity index (χ1n) is 7.34. The molecule has 0 aromatic carbocycles. The predicted molar refractivity (Wildman–Crippen MR) is 75.0 cm³/mol. The zero-order valence-electron chi connectivity index (χ0n) is 12.2. The smallest absolute Gasteiger partial charge is 0.0474 e. The molecule has 1 unspecified atom stereocenters. The average Bonchev–Trinajstić information content (AvgIpc) is 2.70. The number of hydrogen-bond donors (Lipinski definition) is 1. The average molecular weight is 255 g/mol. The molecule has 4 nitrogen and oxygen atoms in total. The monoisotopic (exact) mass is 255 g/mol. The van der Waals surface area contributed by atoms with Crippen molar-refractivity contribution < 1.29 is 4.74 Å². The lowest BCUT2D eigenvalue weighted by Crippen LogP contribution is -2.57. The van der Waals surface area contributed by atoms with Crippen molar-refractivity contribution in [2.45, 2.75) is 38.3 Å². The molecule has 2 aliphatic heterocycles. The van der Waals surface area contributed by atoms with Gasteiger partial charge in [0.2, 0.25) is 0 Å². The summed E-state index contributed by atoms with van der Waals surface area (Å²) in [5.74, 6) is 0. The van der Waals surface area contributed by atoms with Gasteiger partial charge in [0, 0.05) is 58.0 Å². The second-order valence-corrected chi connectivity index (χ2v) is 6.18. The molecule has 2 rings (SSSR count). The number of methoxy groups -OCH3 is 1.